The second kappa shape index (κ2) is 8.98. The predicted molar refractivity (Wildman–Crippen MR) is 61.4 cm³/mol. The summed E-state index contributed by atoms with van der Waals surface area (Å²) in [7, 11) is 0. The van der Waals surface area contributed by atoms with Gasteiger partial charge in [0.15, 0.2) is 0 Å². The Morgan fingerprint density at radius 2 is 2.15 bits per heavy atom. The summed E-state index contributed by atoms with van der Waals surface area (Å²) in [6, 6.07) is 0. The van der Waals surface area contributed by atoms with Gasteiger partial charge in [-0.1, -0.05) is 30.4 Å². The van der Waals surface area contributed by atoms with E-state index >= 15 is 0 Å². The van der Waals surface area contributed by atoms with Crippen molar-refractivity contribution in [3.63, 3.8) is 0 Å². The van der Waals surface area contributed by atoms with Crippen LogP contribution < -0.4 is 0 Å². The van der Waals surface area contributed by atoms with Crippen molar-refractivity contribution in [2.75, 3.05) is 6.54 Å². The molecule has 0 heterocycles. The van der Waals surface area contributed by atoms with E-state index in [1.165, 1.54) is 0 Å². The zero-order chi connectivity index (χ0) is 9.94. The number of hydrogen-bond acceptors (Lipinski definition) is 1. The van der Waals surface area contributed by atoms with E-state index in [0.29, 0.717) is 0 Å². The van der Waals surface area contributed by atoms with Gasteiger partial charge in [0, 0.05) is 0 Å². The van der Waals surface area contributed by atoms with Crippen LogP contribution in [0.5, 0.6) is 0 Å². The molecule has 1 heteroatoms. The molecule has 72 valence electrons. The van der Waals surface area contributed by atoms with E-state index in [2.05, 4.69) is 30.3 Å². The van der Waals surface area contributed by atoms with E-state index in [1.807, 2.05) is 13.1 Å². The molecule has 13 heavy (non-hydrogen) atoms. The van der Waals surface area contributed by atoms with Crippen molar-refractivity contribution in [1.82, 2.24) is 0 Å². The highest BCUT2D eigenvalue weighted by molar-refractivity contribution is 5.57. The summed E-state index contributed by atoms with van der Waals surface area (Å²) in [4.78, 5) is 4.14. The van der Waals surface area contributed by atoms with Crippen molar-refractivity contribution in [1.29, 1.82) is 0 Å². The zero-order valence-corrected chi connectivity index (χ0v) is 8.50. The third-order valence-corrected chi connectivity index (χ3v) is 1.47. The highest BCUT2D eigenvalue weighted by Gasteiger charge is 1.80. The Labute approximate surface area is 81.6 Å². The monoisotopic (exact) mass is 177 g/mol. The second-order valence-corrected chi connectivity index (χ2v) is 3.02. The van der Waals surface area contributed by atoms with Crippen molar-refractivity contribution >= 4 is 6.21 Å². The van der Waals surface area contributed by atoms with E-state index in [0.717, 1.165) is 31.4 Å². The third-order valence-electron chi connectivity index (χ3n) is 1.47. The first-order valence-electron chi connectivity index (χ1n) is 4.68. The fourth-order valence-corrected chi connectivity index (χ4v) is 0.852. The van der Waals surface area contributed by atoms with Crippen LogP contribution in [0.25, 0.3) is 0 Å². The summed E-state index contributed by atoms with van der Waals surface area (Å²) in [5, 5.41) is 0. The average Bonchev–Trinajstić information content (AvgIpc) is 2.09. The van der Waals surface area contributed by atoms with Gasteiger partial charge in [0.2, 0.25) is 0 Å². The fraction of sp³-hybridized carbons (Fsp3) is 0.417. The van der Waals surface area contributed by atoms with Gasteiger partial charge < -0.3 is 0 Å². The molecule has 0 aromatic rings. The molecule has 0 aliphatic heterocycles. The maximum absolute atomic E-state index is 4.14. The molecule has 0 saturated heterocycles. The molecule has 0 atom stereocenters. The van der Waals surface area contributed by atoms with Gasteiger partial charge in [0.25, 0.3) is 0 Å². The smallest absolute Gasteiger partial charge is 0.0563 e. The molecule has 0 aliphatic rings. The van der Waals surface area contributed by atoms with Gasteiger partial charge in [0.05, 0.1) is 6.54 Å². The normalized spacial score (nSPS) is 11.2. The fourth-order valence-electron chi connectivity index (χ4n) is 0.852. The lowest BCUT2D eigenvalue weighted by atomic mass is 10.2. The molecule has 0 radical (unpaired) electrons. The summed E-state index contributed by atoms with van der Waals surface area (Å²) in [6.07, 6.45) is 11.3. The highest BCUT2D eigenvalue weighted by atomic mass is 14.7. The van der Waals surface area contributed by atoms with E-state index in [9.17, 15) is 0 Å². The Hall–Kier alpha value is -1.11. The zero-order valence-electron chi connectivity index (χ0n) is 8.50. The number of hydrogen-bond donors (Lipinski definition) is 0. The van der Waals surface area contributed by atoms with Crippen molar-refractivity contribution in [2.45, 2.75) is 26.2 Å². The first-order valence-corrected chi connectivity index (χ1v) is 4.68. The maximum atomic E-state index is 4.14. The van der Waals surface area contributed by atoms with Crippen molar-refractivity contribution in [3.05, 3.63) is 37.0 Å². The van der Waals surface area contributed by atoms with Gasteiger partial charge in [-0.25, -0.2) is 0 Å². The molecule has 0 bridgehead atoms. The third kappa shape index (κ3) is 10.9. The lowest BCUT2D eigenvalue weighted by Gasteiger charge is -1.90. The summed E-state index contributed by atoms with van der Waals surface area (Å²) >= 11 is 0. The first kappa shape index (κ1) is 11.9. The van der Waals surface area contributed by atoms with Gasteiger partial charge >= 0.3 is 0 Å². The number of allylic oxidation sites excluding steroid dienone is 3. The number of aliphatic imine (C=N–C) groups is 1. The van der Waals surface area contributed by atoms with E-state index in [-0.39, 0.29) is 0 Å². The Morgan fingerprint density at radius 1 is 1.38 bits per heavy atom. The van der Waals surface area contributed by atoms with E-state index < -0.39 is 0 Å². The van der Waals surface area contributed by atoms with Crippen LogP contribution in [0.15, 0.2) is 42.0 Å². The minimum Gasteiger partial charge on any atom is -0.293 e. The highest BCUT2D eigenvalue weighted by Crippen LogP contribution is 1.97. The Morgan fingerprint density at radius 3 is 2.77 bits per heavy atom. The largest absolute Gasteiger partial charge is 0.293 e. The number of nitrogens with zero attached hydrogens (tertiary/aromatic N) is 1. The van der Waals surface area contributed by atoms with E-state index in [1.54, 1.807) is 6.08 Å². The summed E-state index contributed by atoms with van der Waals surface area (Å²) in [6.45, 7) is 10.1. The standard InChI is InChI=1S/C12H19N/c1-4-10-13-11-8-6-5-7-9-12(2)3/h4,7,9,11H,1-2,5-6,8,10H2,3H3/b9-7-,13-11?. The summed E-state index contributed by atoms with van der Waals surface area (Å²) in [5.41, 5.74) is 1.11. The molecule has 0 fully saturated rings. The second-order valence-electron chi connectivity index (χ2n) is 3.02. The molecule has 0 aromatic carbocycles. The van der Waals surface area contributed by atoms with Crippen molar-refractivity contribution < 1.29 is 0 Å². The van der Waals surface area contributed by atoms with Crippen LogP contribution in [0.3, 0.4) is 0 Å². The molecule has 0 aliphatic carbocycles. The van der Waals surface area contributed by atoms with E-state index in [4.69, 9.17) is 0 Å². The molecule has 1 nitrogen and oxygen atoms in total. The Balaban J connectivity index is 3.26. The minimum atomic E-state index is 0.738. The van der Waals surface area contributed by atoms with Gasteiger partial charge in [0.1, 0.15) is 0 Å². The van der Waals surface area contributed by atoms with Crippen LogP contribution in [-0.4, -0.2) is 12.8 Å². The van der Waals surface area contributed by atoms with Crippen LogP contribution in [0.2, 0.25) is 0 Å². The van der Waals surface area contributed by atoms with Crippen LogP contribution >= 0.6 is 0 Å². The predicted octanol–water partition coefficient (Wildman–Crippen LogP) is 3.55. The quantitative estimate of drug-likeness (QED) is 0.244. The topological polar surface area (TPSA) is 12.4 Å². The average molecular weight is 177 g/mol. The van der Waals surface area contributed by atoms with Crippen LogP contribution in [-0.2, 0) is 0 Å². The molecule has 0 rings (SSSR count). The SMILES string of the molecule is C=CCN=CCCC/C=C\C(=C)C. The molecule has 0 amide bonds. The van der Waals surface area contributed by atoms with Gasteiger partial charge in [-0.2, -0.15) is 0 Å². The molecule has 0 aromatic heterocycles. The number of rotatable bonds is 7. The Kier molecular flexibility index (Phi) is 8.21. The van der Waals surface area contributed by atoms with Gasteiger partial charge in [-0.3, -0.25) is 4.99 Å². The maximum Gasteiger partial charge on any atom is 0.0563 e. The summed E-state index contributed by atoms with van der Waals surface area (Å²) < 4.78 is 0. The van der Waals surface area contributed by atoms with Crippen molar-refractivity contribution in [2.24, 2.45) is 4.99 Å². The van der Waals surface area contributed by atoms with Gasteiger partial charge in [-0.15, -0.1) is 6.58 Å². The first-order chi connectivity index (χ1) is 6.27. The number of unbranched alkanes of at least 4 members (excludes halogenated alkanes) is 2. The summed E-state index contributed by atoms with van der Waals surface area (Å²) in [5.74, 6) is 0. The Bertz CT molecular complexity index is 199. The lowest BCUT2D eigenvalue weighted by molar-refractivity contribution is 0.900. The van der Waals surface area contributed by atoms with Crippen LogP contribution in [0, 0.1) is 0 Å². The lowest BCUT2D eigenvalue weighted by Crippen LogP contribution is -1.78. The van der Waals surface area contributed by atoms with Crippen LogP contribution in [0.4, 0.5) is 0 Å². The van der Waals surface area contributed by atoms with Gasteiger partial charge in [-0.05, 0) is 32.4 Å². The minimum absolute atomic E-state index is 0.738. The molecular formula is C12H19N. The van der Waals surface area contributed by atoms with Crippen molar-refractivity contribution in [3.8, 4) is 0 Å². The molecule has 0 unspecified atom stereocenters. The molecular weight excluding hydrogens is 158 g/mol. The molecule has 0 N–H and O–H groups in total. The van der Waals surface area contributed by atoms with Crippen LogP contribution in [0.1, 0.15) is 26.2 Å². The molecule has 0 spiro atoms. The molecule has 0 saturated carbocycles.